The molecule has 0 saturated heterocycles. The van der Waals surface area contributed by atoms with Gasteiger partial charge in [-0.2, -0.15) is 0 Å². The topological polar surface area (TPSA) is 29.3 Å². The van der Waals surface area contributed by atoms with Crippen molar-refractivity contribution < 1.29 is 0 Å². The SMILES string of the molecule is Cc1ccc(CN(C)C(C)c2ccc(Cl)cc2)cc1N. The number of anilines is 1. The van der Waals surface area contributed by atoms with Gasteiger partial charge in [0.1, 0.15) is 0 Å². The summed E-state index contributed by atoms with van der Waals surface area (Å²) in [6, 6.07) is 14.6. The van der Waals surface area contributed by atoms with Gasteiger partial charge in [0.25, 0.3) is 0 Å². The Morgan fingerprint density at radius 2 is 1.80 bits per heavy atom. The van der Waals surface area contributed by atoms with Gasteiger partial charge in [0, 0.05) is 23.3 Å². The first kappa shape index (κ1) is 14.9. The largest absolute Gasteiger partial charge is 0.399 e. The van der Waals surface area contributed by atoms with Crippen molar-refractivity contribution in [3.05, 3.63) is 64.2 Å². The predicted octanol–water partition coefficient (Wildman–Crippen LogP) is 4.42. The van der Waals surface area contributed by atoms with Gasteiger partial charge < -0.3 is 5.73 Å². The van der Waals surface area contributed by atoms with E-state index in [1.54, 1.807) is 0 Å². The normalized spacial score (nSPS) is 12.7. The fraction of sp³-hybridized carbons (Fsp3) is 0.294. The van der Waals surface area contributed by atoms with E-state index in [2.05, 4.69) is 49.2 Å². The summed E-state index contributed by atoms with van der Waals surface area (Å²) in [7, 11) is 2.12. The van der Waals surface area contributed by atoms with Gasteiger partial charge in [-0.15, -0.1) is 0 Å². The monoisotopic (exact) mass is 288 g/mol. The number of nitrogen functional groups attached to an aromatic ring is 1. The van der Waals surface area contributed by atoms with Crippen LogP contribution in [0.3, 0.4) is 0 Å². The average molecular weight is 289 g/mol. The molecule has 0 aromatic heterocycles. The zero-order valence-corrected chi connectivity index (χ0v) is 13.0. The third kappa shape index (κ3) is 3.53. The number of nitrogens with zero attached hydrogens (tertiary/aromatic N) is 1. The smallest absolute Gasteiger partial charge is 0.0406 e. The molecular weight excluding hydrogens is 268 g/mol. The maximum Gasteiger partial charge on any atom is 0.0406 e. The van der Waals surface area contributed by atoms with E-state index in [9.17, 15) is 0 Å². The number of benzene rings is 2. The number of aryl methyl sites for hydroxylation is 1. The van der Waals surface area contributed by atoms with Crippen LogP contribution in [0, 0.1) is 6.92 Å². The van der Waals surface area contributed by atoms with E-state index in [-0.39, 0.29) is 0 Å². The lowest BCUT2D eigenvalue weighted by Gasteiger charge is -2.25. The molecule has 0 aliphatic rings. The third-order valence-electron chi connectivity index (χ3n) is 3.79. The van der Waals surface area contributed by atoms with E-state index in [0.29, 0.717) is 6.04 Å². The number of halogens is 1. The maximum absolute atomic E-state index is 5.97. The Morgan fingerprint density at radius 3 is 2.40 bits per heavy atom. The molecule has 0 saturated carbocycles. The predicted molar refractivity (Wildman–Crippen MR) is 86.9 cm³/mol. The summed E-state index contributed by atoms with van der Waals surface area (Å²) in [5.74, 6) is 0. The Labute approximate surface area is 126 Å². The molecule has 2 N–H and O–H groups in total. The van der Waals surface area contributed by atoms with Gasteiger partial charge in [0.15, 0.2) is 0 Å². The Kier molecular flexibility index (Phi) is 4.69. The molecular formula is C17H21ClN2. The molecule has 0 bridgehead atoms. The first-order chi connectivity index (χ1) is 9.47. The molecule has 1 unspecified atom stereocenters. The molecule has 0 heterocycles. The maximum atomic E-state index is 5.97. The van der Waals surface area contributed by atoms with Crippen LogP contribution in [0.5, 0.6) is 0 Å². The van der Waals surface area contributed by atoms with Crippen LogP contribution in [0.2, 0.25) is 5.02 Å². The second-order valence-corrected chi connectivity index (χ2v) is 5.77. The highest BCUT2D eigenvalue weighted by Crippen LogP contribution is 2.23. The van der Waals surface area contributed by atoms with Crippen LogP contribution in [-0.2, 0) is 6.54 Å². The summed E-state index contributed by atoms with van der Waals surface area (Å²) in [4.78, 5) is 2.30. The lowest BCUT2D eigenvalue weighted by Crippen LogP contribution is -2.22. The summed E-state index contributed by atoms with van der Waals surface area (Å²) in [5, 5.41) is 0.773. The summed E-state index contributed by atoms with van der Waals surface area (Å²) in [5.41, 5.74) is 10.4. The fourth-order valence-electron chi connectivity index (χ4n) is 2.21. The Hall–Kier alpha value is -1.51. The van der Waals surface area contributed by atoms with Crippen LogP contribution in [0.15, 0.2) is 42.5 Å². The van der Waals surface area contributed by atoms with Crippen LogP contribution < -0.4 is 5.73 Å². The first-order valence-corrected chi connectivity index (χ1v) is 7.16. The Bertz CT molecular complexity index is 578. The molecule has 0 aliphatic heterocycles. The van der Waals surface area contributed by atoms with E-state index >= 15 is 0 Å². The molecule has 2 aromatic carbocycles. The van der Waals surface area contributed by atoms with Gasteiger partial charge in [-0.05, 0) is 55.8 Å². The van der Waals surface area contributed by atoms with E-state index in [4.69, 9.17) is 17.3 Å². The highest BCUT2D eigenvalue weighted by Gasteiger charge is 2.12. The molecule has 3 heteroatoms. The minimum atomic E-state index is 0.329. The van der Waals surface area contributed by atoms with Crippen molar-refractivity contribution >= 4 is 17.3 Å². The van der Waals surface area contributed by atoms with Crippen LogP contribution in [0.4, 0.5) is 5.69 Å². The summed E-state index contributed by atoms with van der Waals surface area (Å²) < 4.78 is 0. The number of hydrogen-bond acceptors (Lipinski definition) is 2. The van der Waals surface area contributed by atoms with E-state index in [1.807, 2.05) is 19.1 Å². The van der Waals surface area contributed by atoms with Crippen molar-refractivity contribution in [2.75, 3.05) is 12.8 Å². The molecule has 0 fully saturated rings. The van der Waals surface area contributed by atoms with Crippen molar-refractivity contribution in [1.29, 1.82) is 0 Å². The number of hydrogen-bond donors (Lipinski definition) is 1. The zero-order valence-electron chi connectivity index (χ0n) is 12.2. The van der Waals surface area contributed by atoms with Crippen LogP contribution in [0.1, 0.15) is 29.7 Å². The second-order valence-electron chi connectivity index (χ2n) is 5.33. The quantitative estimate of drug-likeness (QED) is 0.844. The highest BCUT2D eigenvalue weighted by molar-refractivity contribution is 6.30. The van der Waals surface area contributed by atoms with Crippen LogP contribution in [-0.4, -0.2) is 11.9 Å². The molecule has 1 atom stereocenters. The van der Waals surface area contributed by atoms with Crippen molar-refractivity contribution in [3.63, 3.8) is 0 Å². The van der Waals surface area contributed by atoms with Gasteiger partial charge in [0.05, 0.1) is 0 Å². The van der Waals surface area contributed by atoms with Gasteiger partial charge in [-0.25, -0.2) is 0 Å². The molecule has 0 aliphatic carbocycles. The second kappa shape index (κ2) is 6.29. The zero-order chi connectivity index (χ0) is 14.7. The molecule has 106 valence electrons. The number of nitrogens with two attached hydrogens (primary N) is 1. The molecule has 2 rings (SSSR count). The van der Waals surface area contributed by atoms with Gasteiger partial charge in [-0.3, -0.25) is 4.90 Å². The highest BCUT2D eigenvalue weighted by atomic mass is 35.5. The van der Waals surface area contributed by atoms with Crippen molar-refractivity contribution in [3.8, 4) is 0 Å². The van der Waals surface area contributed by atoms with Crippen molar-refractivity contribution in [2.24, 2.45) is 0 Å². The van der Waals surface area contributed by atoms with Crippen LogP contribution in [0.25, 0.3) is 0 Å². The molecule has 20 heavy (non-hydrogen) atoms. The van der Waals surface area contributed by atoms with E-state index < -0.39 is 0 Å². The summed E-state index contributed by atoms with van der Waals surface area (Å²) in [6.07, 6.45) is 0. The van der Waals surface area contributed by atoms with E-state index in [1.165, 1.54) is 11.1 Å². The minimum absolute atomic E-state index is 0.329. The van der Waals surface area contributed by atoms with Crippen molar-refractivity contribution in [2.45, 2.75) is 26.4 Å². The van der Waals surface area contributed by atoms with Gasteiger partial charge >= 0.3 is 0 Å². The molecule has 0 amide bonds. The molecule has 0 radical (unpaired) electrons. The fourth-order valence-corrected chi connectivity index (χ4v) is 2.33. The first-order valence-electron chi connectivity index (χ1n) is 6.78. The minimum Gasteiger partial charge on any atom is -0.399 e. The van der Waals surface area contributed by atoms with Crippen molar-refractivity contribution in [1.82, 2.24) is 4.90 Å². The Morgan fingerprint density at radius 1 is 1.15 bits per heavy atom. The molecule has 0 spiro atoms. The Balaban J connectivity index is 2.08. The van der Waals surface area contributed by atoms with Gasteiger partial charge in [-0.1, -0.05) is 35.9 Å². The molecule has 2 aromatic rings. The number of rotatable bonds is 4. The third-order valence-corrected chi connectivity index (χ3v) is 4.04. The summed E-state index contributed by atoms with van der Waals surface area (Å²) >= 11 is 5.93. The standard InChI is InChI=1S/C17H21ClN2/c1-12-4-5-14(10-17(12)19)11-20(3)13(2)15-6-8-16(18)9-7-15/h4-10,13H,11,19H2,1-3H3. The van der Waals surface area contributed by atoms with Gasteiger partial charge in [0.2, 0.25) is 0 Å². The summed E-state index contributed by atoms with van der Waals surface area (Å²) in [6.45, 7) is 5.09. The molecule has 2 nitrogen and oxygen atoms in total. The lowest BCUT2D eigenvalue weighted by atomic mass is 10.1. The van der Waals surface area contributed by atoms with Crippen LogP contribution >= 0.6 is 11.6 Å². The lowest BCUT2D eigenvalue weighted by molar-refractivity contribution is 0.253. The van der Waals surface area contributed by atoms with E-state index in [0.717, 1.165) is 22.8 Å². The average Bonchev–Trinajstić information content (AvgIpc) is 2.43.